The Kier molecular flexibility index (Phi) is 4.38. The molecule has 108 valence electrons. The van der Waals surface area contributed by atoms with Crippen molar-refractivity contribution < 1.29 is 9.90 Å². The fourth-order valence-corrected chi connectivity index (χ4v) is 4.34. The van der Waals surface area contributed by atoms with Crippen molar-refractivity contribution in [1.29, 1.82) is 0 Å². The Labute approximate surface area is 131 Å². The molecule has 0 spiro atoms. The minimum Gasteiger partial charge on any atom is -0.393 e. The topological polar surface area (TPSA) is 40.5 Å². The molecule has 2 aliphatic rings. The van der Waals surface area contributed by atoms with Gasteiger partial charge in [-0.05, 0) is 49.9 Å². The highest BCUT2D eigenvalue weighted by Crippen LogP contribution is 2.36. The Morgan fingerprint density at radius 1 is 1.25 bits per heavy atom. The second kappa shape index (κ2) is 6.08. The smallest absolute Gasteiger partial charge is 0.233 e. The number of aliphatic hydroxyl groups is 1. The molecule has 0 saturated carbocycles. The van der Waals surface area contributed by atoms with Crippen LogP contribution in [0.15, 0.2) is 33.6 Å². The maximum Gasteiger partial charge on any atom is 0.233 e. The van der Waals surface area contributed by atoms with Gasteiger partial charge in [-0.3, -0.25) is 4.79 Å². The normalized spacial score (nSPS) is 28.7. The number of nitrogens with zero attached hydrogens (tertiary/aromatic N) is 1. The number of benzene rings is 1. The van der Waals surface area contributed by atoms with Gasteiger partial charge in [0, 0.05) is 21.5 Å². The second-order valence-electron chi connectivity index (χ2n) is 5.55. The van der Waals surface area contributed by atoms with E-state index in [0.29, 0.717) is 5.75 Å². The molecule has 2 fully saturated rings. The molecule has 2 bridgehead atoms. The van der Waals surface area contributed by atoms with Gasteiger partial charge in [0.2, 0.25) is 5.91 Å². The van der Waals surface area contributed by atoms with Gasteiger partial charge in [-0.15, -0.1) is 11.8 Å². The number of hydrogen-bond acceptors (Lipinski definition) is 3. The molecule has 5 heteroatoms. The zero-order valence-corrected chi connectivity index (χ0v) is 13.6. The first-order valence-corrected chi connectivity index (χ1v) is 8.79. The van der Waals surface area contributed by atoms with Gasteiger partial charge in [0.15, 0.2) is 0 Å². The summed E-state index contributed by atoms with van der Waals surface area (Å²) in [5, 5.41) is 9.78. The summed E-state index contributed by atoms with van der Waals surface area (Å²) in [6.07, 6.45) is 3.40. The number of halogens is 1. The first-order chi connectivity index (χ1) is 9.63. The number of rotatable bonds is 3. The van der Waals surface area contributed by atoms with Crippen LogP contribution in [-0.4, -0.2) is 39.9 Å². The maximum atomic E-state index is 12.4. The molecule has 2 heterocycles. The molecular weight excluding hydrogens is 338 g/mol. The number of piperidine rings is 1. The number of thioether (sulfide) groups is 1. The number of carbonyl (C=O) groups excluding carboxylic acids is 1. The minimum absolute atomic E-state index is 0.212. The van der Waals surface area contributed by atoms with Crippen molar-refractivity contribution in [3.63, 3.8) is 0 Å². The summed E-state index contributed by atoms with van der Waals surface area (Å²) in [6, 6.07) is 8.57. The number of carbonyl (C=O) groups is 1. The summed E-state index contributed by atoms with van der Waals surface area (Å²) in [4.78, 5) is 15.6. The van der Waals surface area contributed by atoms with Crippen LogP contribution in [0.25, 0.3) is 0 Å². The molecule has 1 aromatic rings. The van der Waals surface area contributed by atoms with Crippen molar-refractivity contribution in [2.24, 2.45) is 0 Å². The van der Waals surface area contributed by atoms with Crippen molar-refractivity contribution in [2.75, 3.05) is 5.75 Å². The fraction of sp³-hybridized carbons (Fsp3) is 0.533. The van der Waals surface area contributed by atoms with Crippen molar-refractivity contribution in [2.45, 2.75) is 48.8 Å². The number of hydrogen-bond donors (Lipinski definition) is 1. The predicted molar refractivity (Wildman–Crippen MR) is 83.8 cm³/mol. The number of fused-ring (bicyclic) bond motifs is 2. The van der Waals surface area contributed by atoms with Crippen LogP contribution in [0.5, 0.6) is 0 Å². The highest BCUT2D eigenvalue weighted by atomic mass is 79.9. The maximum absolute atomic E-state index is 12.4. The van der Waals surface area contributed by atoms with Gasteiger partial charge in [0.25, 0.3) is 0 Å². The van der Waals surface area contributed by atoms with Gasteiger partial charge in [-0.25, -0.2) is 0 Å². The van der Waals surface area contributed by atoms with Crippen molar-refractivity contribution in [3.05, 3.63) is 28.7 Å². The lowest BCUT2D eigenvalue weighted by Crippen LogP contribution is -2.48. The van der Waals surface area contributed by atoms with Gasteiger partial charge in [-0.1, -0.05) is 15.9 Å². The minimum atomic E-state index is -0.212. The lowest BCUT2D eigenvalue weighted by molar-refractivity contribution is -0.134. The van der Waals surface area contributed by atoms with Crippen LogP contribution in [0, 0.1) is 0 Å². The second-order valence-corrected chi connectivity index (χ2v) is 7.52. The molecule has 2 saturated heterocycles. The van der Waals surface area contributed by atoms with Gasteiger partial charge in [0.1, 0.15) is 0 Å². The van der Waals surface area contributed by atoms with Crippen LogP contribution >= 0.6 is 27.7 Å². The van der Waals surface area contributed by atoms with Gasteiger partial charge in [0.05, 0.1) is 11.9 Å². The molecule has 2 atom stereocenters. The van der Waals surface area contributed by atoms with Crippen LogP contribution in [-0.2, 0) is 4.79 Å². The number of aliphatic hydroxyl groups excluding tert-OH is 1. The van der Waals surface area contributed by atoms with E-state index in [1.165, 1.54) is 0 Å². The summed E-state index contributed by atoms with van der Waals surface area (Å²) < 4.78 is 1.05. The third kappa shape index (κ3) is 3.05. The van der Waals surface area contributed by atoms with Gasteiger partial charge >= 0.3 is 0 Å². The van der Waals surface area contributed by atoms with E-state index in [2.05, 4.69) is 15.9 Å². The van der Waals surface area contributed by atoms with E-state index < -0.39 is 0 Å². The average molecular weight is 356 g/mol. The van der Waals surface area contributed by atoms with Gasteiger partial charge < -0.3 is 10.0 Å². The Bertz CT molecular complexity index is 479. The summed E-state index contributed by atoms with van der Waals surface area (Å²) in [5.41, 5.74) is 0. The van der Waals surface area contributed by atoms with E-state index in [9.17, 15) is 9.90 Å². The molecule has 0 aromatic heterocycles. The Hall–Kier alpha value is -0.520. The standard InChI is InChI=1S/C15H18BrNO2S/c16-10-1-5-14(6-2-10)20-9-15(19)17-11-3-4-12(17)8-13(18)7-11/h1-2,5-6,11-13,18H,3-4,7-9H2. The molecular formula is C15H18BrNO2S. The van der Waals surface area contributed by atoms with Crippen molar-refractivity contribution in [1.82, 2.24) is 4.90 Å². The molecule has 0 aliphatic carbocycles. The van der Waals surface area contributed by atoms with E-state index >= 15 is 0 Å². The molecule has 1 N–H and O–H groups in total. The quantitative estimate of drug-likeness (QED) is 0.847. The lowest BCUT2D eigenvalue weighted by atomic mass is 10.00. The molecule has 2 aliphatic heterocycles. The predicted octanol–water partition coefficient (Wildman–Crippen LogP) is 3.06. The number of amides is 1. The first kappa shape index (κ1) is 14.4. The monoisotopic (exact) mass is 355 g/mol. The highest BCUT2D eigenvalue weighted by Gasteiger charge is 2.42. The van der Waals surface area contributed by atoms with Gasteiger partial charge in [-0.2, -0.15) is 0 Å². The van der Waals surface area contributed by atoms with Crippen LogP contribution in [0.2, 0.25) is 0 Å². The third-order valence-electron chi connectivity index (χ3n) is 4.17. The van der Waals surface area contributed by atoms with Crippen LogP contribution in [0.4, 0.5) is 0 Å². The zero-order chi connectivity index (χ0) is 14.1. The van der Waals surface area contributed by atoms with Crippen molar-refractivity contribution >= 4 is 33.6 Å². The third-order valence-corrected chi connectivity index (χ3v) is 5.70. The summed E-state index contributed by atoms with van der Waals surface area (Å²) in [6.45, 7) is 0. The zero-order valence-electron chi connectivity index (χ0n) is 11.2. The lowest BCUT2D eigenvalue weighted by Gasteiger charge is -2.37. The summed E-state index contributed by atoms with van der Waals surface area (Å²) in [5.74, 6) is 0.711. The van der Waals surface area contributed by atoms with E-state index in [4.69, 9.17) is 0 Å². The Morgan fingerprint density at radius 3 is 2.45 bits per heavy atom. The molecule has 3 nitrogen and oxygen atoms in total. The molecule has 2 unspecified atom stereocenters. The fourth-order valence-electron chi connectivity index (χ4n) is 3.31. The molecule has 0 radical (unpaired) electrons. The Morgan fingerprint density at radius 2 is 1.85 bits per heavy atom. The Balaban J connectivity index is 1.58. The van der Waals surface area contributed by atoms with E-state index in [1.807, 2.05) is 29.2 Å². The SMILES string of the molecule is O=C(CSc1ccc(Br)cc1)N1C2CCC1CC(O)C2. The van der Waals surface area contributed by atoms with Crippen LogP contribution < -0.4 is 0 Å². The average Bonchev–Trinajstić information content (AvgIpc) is 2.70. The largest absolute Gasteiger partial charge is 0.393 e. The summed E-state index contributed by atoms with van der Waals surface area (Å²) >= 11 is 5.00. The molecule has 3 rings (SSSR count). The molecule has 1 aromatic carbocycles. The molecule has 1 amide bonds. The molecule has 20 heavy (non-hydrogen) atoms. The van der Waals surface area contributed by atoms with E-state index in [1.54, 1.807) is 11.8 Å². The summed E-state index contributed by atoms with van der Waals surface area (Å²) in [7, 11) is 0. The highest BCUT2D eigenvalue weighted by molar-refractivity contribution is 9.10. The van der Waals surface area contributed by atoms with Crippen LogP contribution in [0.1, 0.15) is 25.7 Å². The first-order valence-electron chi connectivity index (χ1n) is 7.01. The van der Waals surface area contributed by atoms with Crippen molar-refractivity contribution in [3.8, 4) is 0 Å². The van der Waals surface area contributed by atoms with E-state index in [0.717, 1.165) is 35.1 Å². The van der Waals surface area contributed by atoms with E-state index in [-0.39, 0.29) is 24.1 Å². The van der Waals surface area contributed by atoms with Crippen LogP contribution in [0.3, 0.4) is 0 Å².